The maximum absolute atomic E-state index is 10.7. The lowest BCUT2D eigenvalue weighted by molar-refractivity contribution is 0.467. The summed E-state index contributed by atoms with van der Waals surface area (Å²) in [6.45, 7) is 13.0. The van der Waals surface area contributed by atoms with Gasteiger partial charge in [-0.25, -0.2) is 0 Å². The van der Waals surface area contributed by atoms with Crippen molar-refractivity contribution in [2.45, 2.75) is 110 Å². The van der Waals surface area contributed by atoms with Crippen LogP contribution in [-0.2, 0) is 12.8 Å². The summed E-state index contributed by atoms with van der Waals surface area (Å²) in [5.41, 5.74) is 6.16. The van der Waals surface area contributed by atoms with Gasteiger partial charge in [0, 0.05) is 23.6 Å². The lowest BCUT2D eigenvalue weighted by Gasteiger charge is -2.14. The van der Waals surface area contributed by atoms with Gasteiger partial charge in [0.25, 0.3) is 0 Å². The Morgan fingerprint density at radius 3 is 1.49 bits per heavy atom. The van der Waals surface area contributed by atoms with E-state index in [-0.39, 0.29) is 12.1 Å². The fraction of sp³-hybridized carbons (Fsp3) is 0.548. The van der Waals surface area contributed by atoms with Gasteiger partial charge in [0.1, 0.15) is 11.5 Å². The van der Waals surface area contributed by atoms with Gasteiger partial charge in [0.05, 0.1) is 12.1 Å². The highest BCUT2D eigenvalue weighted by molar-refractivity contribution is 5.85. The van der Waals surface area contributed by atoms with Crippen LogP contribution in [0.15, 0.2) is 34.3 Å². The molecule has 0 bridgehead atoms. The lowest BCUT2D eigenvalue weighted by atomic mass is 9.93. The molecule has 35 heavy (non-hydrogen) atoms. The monoisotopic (exact) mass is 476 g/mol. The smallest absolute Gasteiger partial charge is 0.127 e. The van der Waals surface area contributed by atoms with Crippen molar-refractivity contribution in [3.63, 3.8) is 0 Å². The Balaban J connectivity index is 1.73. The van der Waals surface area contributed by atoms with Crippen molar-refractivity contribution in [2.75, 3.05) is 0 Å². The van der Waals surface area contributed by atoms with Crippen molar-refractivity contribution in [3.8, 4) is 11.5 Å². The van der Waals surface area contributed by atoms with Gasteiger partial charge in [-0.05, 0) is 91.2 Å². The molecular formula is C31H44N2O2. The van der Waals surface area contributed by atoms with Crippen molar-refractivity contribution in [3.05, 3.63) is 57.6 Å². The number of hydrogen-bond acceptors (Lipinski definition) is 4. The van der Waals surface area contributed by atoms with Gasteiger partial charge < -0.3 is 10.2 Å². The van der Waals surface area contributed by atoms with Crippen molar-refractivity contribution in [1.29, 1.82) is 0 Å². The third-order valence-electron chi connectivity index (χ3n) is 7.83. The largest absolute Gasteiger partial charge is 0.507 e. The quantitative estimate of drug-likeness (QED) is 0.345. The SMILES string of the molecule is CCc1cc(C(C)CC)cc(C=NC2CCC(N=Cc3cc(C(C)CC)cc(CC)c3O)C2)c1O. The maximum atomic E-state index is 10.7. The van der Waals surface area contributed by atoms with E-state index in [4.69, 9.17) is 9.98 Å². The molecule has 0 saturated heterocycles. The molecule has 4 unspecified atom stereocenters. The Bertz CT molecular complexity index is 973. The summed E-state index contributed by atoms with van der Waals surface area (Å²) in [5, 5.41) is 21.4. The average molecular weight is 477 g/mol. The van der Waals surface area contributed by atoms with E-state index in [9.17, 15) is 10.2 Å². The van der Waals surface area contributed by atoms with Gasteiger partial charge >= 0.3 is 0 Å². The zero-order valence-corrected chi connectivity index (χ0v) is 22.5. The van der Waals surface area contributed by atoms with Crippen molar-refractivity contribution < 1.29 is 10.2 Å². The number of rotatable bonds is 10. The predicted octanol–water partition coefficient (Wildman–Crippen LogP) is 7.71. The Kier molecular flexibility index (Phi) is 9.54. The Morgan fingerprint density at radius 1 is 0.743 bits per heavy atom. The van der Waals surface area contributed by atoms with Gasteiger partial charge in [-0.1, -0.05) is 53.7 Å². The maximum Gasteiger partial charge on any atom is 0.127 e. The second kappa shape index (κ2) is 12.4. The number of phenolic OH excluding ortho intramolecular Hbond substituents is 2. The minimum Gasteiger partial charge on any atom is -0.507 e. The van der Waals surface area contributed by atoms with Crippen LogP contribution in [0.1, 0.15) is 119 Å². The molecule has 0 aliphatic heterocycles. The summed E-state index contributed by atoms with van der Waals surface area (Å²) in [6, 6.07) is 8.87. The van der Waals surface area contributed by atoms with E-state index in [2.05, 4.69) is 65.8 Å². The van der Waals surface area contributed by atoms with E-state index in [1.807, 2.05) is 12.4 Å². The molecule has 190 valence electrons. The number of aliphatic imine (C=N–C) groups is 2. The minimum atomic E-state index is 0.208. The van der Waals surface area contributed by atoms with Gasteiger partial charge in [-0.15, -0.1) is 0 Å². The minimum absolute atomic E-state index is 0.208. The zero-order chi connectivity index (χ0) is 25.5. The predicted molar refractivity (Wildman–Crippen MR) is 149 cm³/mol. The molecule has 0 spiro atoms. The molecule has 4 heteroatoms. The highest BCUT2D eigenvalue weighted by Crippen LogP contribution is 2.32. The molecule has 2 N–H and O–H groups in total. The van der Waals surface area contributed by atoms with Crippen LogP contribution in [0, 0.1) is 0 Å². The fourth-order valence-electron chi connectivity index (χ4n) is 4.84. The summed E-state index contributed by atoms with van der Waals surface area (Å²) in [6.07, 6.45) is 10.4. The average Bonchev–Trinajstić information content (AvgIpc) is 3.34. The molecule has 4 nitrogen and oxygen atoms in total. The van der Waals surface area contributed by atoms with E-state index >= 15 is 0 Å². The van der Waals surface area contributed by atoms with E-state index in [0.29, 0.717) is 23.3 Å². The second-order valence-electron chi connectivity index (χ2n) is 10.2. The van der Waals surface area contributed by atoms with Crippen LogP contribution >= 0.6 is 0 Å². The molecule has 0 aromatic heterocycles. The zero-order valence-electron chi connectivity index (χ0n) is 22.5. The number of hydrogen-bond donors (Lipinski definition) is 2. The first kappa shape index (κ1) is 27.0. The highest BCUT2D eigenvalue weighted by Gasteiger charge is 2.23. The molecule has 1 aliphatic carbocycles. The van der Waals surface area contributed by atoms with Crippen molar-refractivity contribution in [2.24, 2.45) is 9.98 Å². The van der Waals surface area contributed by atoms with Gasteiger partial charge in [-0.2, -0.15) is 0 Å². The first-order chi connectivity index (χ1) is 16.8. The highest BCUT2D eigenvalue weighted by atomic mass is 16.3. The van der Waals surface area contributed by atoms with Crippen LogP contribution in [0.2, 0.25) is 0 Å². The van der Waals surface area contributed by atoms with Gasteiger partial charge in [0.15, 0.2) is 0 Å². The summed E-state index contributed by atoms with van der Waals surface area (Å²) in [4.78, 5) is 9.69. The Hall–Kier alpha value is -2.62. The van der Waals surface area contributed by atoms with Crippen molar-refractivity contribution >= 4 is 12.4 Å². The van der Waals surface area contributed by atoms with Gasteiger partial charge in [-0.3, -0.25) is 9.98 Å². The molecule has 1 aliphatic rings. The molecule has 0 heterocycles. The lowest BCUT2D eigenvalue weighted by Crippen LogP contribution is -2.04. The van der Waals surface area contributed by atoms with E-state index in [1.54, 1.807) is 0 Å². The molecule has 2 aromatic carbocycles. The normalized spacial score (nSPS) is 20.2. The number of nitrogens with zero attached hydrogens (tertiary/aromatic N) is 2. The van der Waals surface area contributed by atoms with E-state index in [1.165, 1.54) is 11.1 Å². The number of phenols is 2. The number of benzene rings is 2. The molecular weight excluding hydrogens is 432 g/mol. The topological polar surface area (TPSA) is 65.2 Å². The van der Waals surface area contributed by atoms with Crippen molar-refractivity contribution in [1.82, 2.24) is 0 Å². The van der Waals surface area contributed by atoms with Crippen LogP contribution in [0.4, 0.5) is 0 Å². The first-order valence-corrected chi connectivity index (χ1v) is 13.6. The molecule has 1 fully saturated rings. The third-order valence-corrected chi connectivity index (χ3v) is 7.83. The molecule has 3 rings (SSSR count). The van der Waals surface area contributed by atoms with Gasteiger partial charge in [0.2, 0.25) is 0 Å². The van der Waals surface area contributed by atoms with Crippen LogP contribution in [0.25, 0.3) is 0 Å². The number of aromatic hydroxyl groups is 2. The Morgan fingerprint density at radius 2 is 1.14 bits per heavy atom. The summed E-state index contributed by atoms with van der Waals surface area (Å²) < 4.78 is 0. The molecule has 4 atom stereocenters. The summed E-state index contributed by atoms with van der Waals surface area (Å²) >= 11 is 0. The molecule has 2 aromatic rings. The second-order valence-corrected chi connectivity index (χ2v) is 10.2. The standard InChI is InChI=1S/C31H44N2O2/c1-7-20(5)24-13-22(9-3)30(34)26(15-24)18-32-28-11-12-29(17-28)33-19-27-16-25(21(6)8-2)14-23(10-4)31(27)35/h13-16,18-21,28-29,34-35H,7-12,17H2,1-6H3. The Labute approximate surface area is 212 Å². The van der Waals surface area contributed by atoms with Crippen LogP contribution in [-0.4, -0.2) is 34.7 Å². The van der Waals surface area contributed by atoms with E-state index in [0.717, 1.165) is 67.2 Å². The molecule has 0 amide bonds. The third kappa shape index (κ3) is 6.54. The fourth-order valence-corrected chi connectivity index (χ4v) is 4.84. The molecule has 1 saturated carbocycles. The number of aryl methyl sites for hydroxylation is 2. The van der Waals surface area contributed by atoms with Crippen LogP contribution < -0.4 is 0 Å². The van der Waals surface area contributed by atoms with E-state index < -0.39 is 0 Å². The summed E-state index contributed by atoms with van der Waals surface area (Å²) in [5.74, 6) is 1.64. The van der Waals surface area contributed by atoms with Crippen LogP contribution in [0.5, 0.6) is 11.5 Å². The van der Waals surface area contributed by atoms with Crippen LogP contribution in [0.3, 0.4) is 0 Å². The molecule has 0 radical (unpaired) electrons. The first-order valence-electron chi connectivity index (χ1n) is 13.6. The summed E-state index contributed by atoms with van der Waals surface area (Å²) in [7, 11) is 0.